The molecule has 8 heteroatoms. The van der Waals surface area contributed by atoms with Gasteiger partial charge in [-0.1, -0.05) is 34.1 Å². The Bertz CT molecular complexity index is 491. The summed E-state index contributed by atoms with van der Waals surface area (Å²) in [7, 11) is 1.82. The standard InChI is InChI=1S/C13H18NO4PS.C4H10O.CH4/c1-2-14-11(13(16)17)8-10-20-9-6-4-3-5-7-12(15)18-19;1-4(2)3-5;/h11,14H,2,6,8-10,19H2,1H3,(H,16,17);4-5H,3H2,1-2H3;1H4. The number of nitrogens with one attached hydrogen (secondary N) is 1. The minimum absolute atomic E-state index is 0. The van der Waals surface area contributed by atoms with Gasteiger partial charge < -0.3 is 20.1 Å². The monoisotopic (exact) mass is 405 g/mol. The van der Waals surface area contributed by atoms with E-state index >= 15 is 0 Å². The zero-order chi connectivity index (χ0) is 19.5. The number of carboxylic acids is 1. The summed E-state index contributed by atoms with van der Waals surface area (Å²) in [6.07, 6.45) is 1.23. The second-order valence-corrected chi connectivity index (χ2v) is 6.59. The molecular formula is C18H32NO5PS. The molecule has 0 aliphatic heterocycles. The maximum atomic E-state index is 10.9. The fourth-order valence-corrected chi connectivity index (χ4v) is 2.12. The SMILES string of the molecule is C.CC(C)CO.CCNC(CCSCCC#CC#CC(=O)OP)C(=O)O. The molecule has 0 saturated carbocycles. The maximum Gasteiger partial charge on any atom is 0.387 e. The van der Waals surface area contributed by atoms with Crippen LogP contribution in [0.4, 0.5) is 0 Å². The summed E-state index contributed by atoms with van der Waals surface area (Å²) in [4.78, 5) is 21.5. The first kappa shape index (κ1) is 29.5. The van der Waals surface area contributed by atoms with Crippen LogP contribution in [-0.4, -0.2) is 52.9 Å². The van der Waals surface area contributed by atoms with Gasteiger partial charge in [-0.2, -0.15) is 11.8 Å². The number of aliphatic hydroxyl groups excluding tert-OH is 1. The number of thioether (sulfide) groups is 1. The minimum Gasteiger partial charge on any atom is -0.480 e. The number of carbonyl (C=O) groups excluding carboxylic acids is 1. The second kappa shape index (κ2) is 21.8. The van der Waals surface area contributed by atoms with Crippen molar-refractivity contribution in [3.63, 3.8) is 0 Å². The predicted octanol–water partition coefficient (Wildman–Crippen LogP) is 2.17. The summed E-state index contributed by atoms with van der Waals surface area (Å²) in [5.74, 6) is 10.5. The van der Waals surface area contributed by atoms with E-state index in [0.717, 1.165) is 11.5 Å². The highest BCUT2D eigenvalue weighted by Gasteiger charge is 2.14. The second-order valence-electron chi connectivity index (χ2n) is 5.13. The van der Waals surface area contributed by atoms with Crippen LogP contribution < -0.4 is 5.32 Å². The third kappa shape index (κ3) is 22.8. The lowest BCUT2D eigenvalue weighted by Crippen LogP contribution is -2.36. The van der Waals surface area contributed by atoms with Crippen LogP contribution in [0.1, 0.15) is 41.0 Å². The molecule has 0 amide bonds. The number of rotatable bonds is 9. The van der Waals surface area contributed by atoms with Crippen LogP contribution in [0.3, 0.4) is 0 Å². The van der Waals surface area contributed by atoms with E-state index in [1.54, 1.807) is 11.8 Å². The van der Waals surface area contributed by atoms with Gasteiger partial charge in [-0.3, -0.25) is 4.79 Å². The molecule has 0 heterocycles. The largest absolute Gasteiger partial charge is 0.480 e. The number of hydrogen-bond donors (Lipinski definition) is 3. The van der Waals surface area contributed by atoms with Crippen molar-refractivity contribution in [2.24, 2.45) is 5.92 Å². The van der Waals surface area contributed by atoms with Gasteiger partial charge in [0.1, 0.15) is 6.04 Å². The summed E-state index contributed by atoms with van der Waals surface area (Å²) in [6, 6.07) is -0.484. The predicted molar refractivity (Wildman–Crippen MR) is 112 cm³/mol. The van der Waals surface area contributed by atoms with E-state index in [4.69, 9.17) is 10.2 Å². The molecule has 0 bridgehead atoms. The molecule has 0 fully saturated rings. The van der Waals surface area contributed by atoms with Crippen molar-refractivity contribution < 1.29 is 24.3 Å². The summed E-state index contributed by atoms with van der Waals surface area (Å²) in [6.45, 7) is 6.77. The molecule has 0 aromatic carbocycles. The molecule has 26 heavy (non-hydrogen) atoms. The lowest BCUT2D eigenvalue weighted by molar-refractivity contribution is -0.139. The maximum absolute atomic E-state index is 10.9. The number of carbonyl (C=O) groups is 2. The van der Waals surface area contributed by atoms with E-state index in [2.05, 4.69) is 33.5 Å². The van der Waals surface area contributed by atoms with Crippen LogP contribution in [-0.2, 0) is 14.1 Å². The highest BCUT2D eigenvalue weighted by atomic mass is 32.2. The van der Waals surface area contributed by atoms with Crippen LogP contribution in [0, 0.1) is 29.6 Å². The topological polar surface area (TPSA) is 95.9 Å². The Morgan fingerprint density at radius 1 is 1.27 bits per heavy atom. The molecule has 0 spiro atoms. The van der Waals surface area contributed by atoms with Gasteiger partial charge in [-0.15, -0.1) is 0 Å². The number of carboxylic acid groups (broad SMARTS) is 1. The number of aliphatic carboxylic acids is 1. The molecule has 150 valence electrons. The molecule has 0 aromatic rings. The van der Waals surface area contributed by atoms with Gasteiger partial charge in [-0.05, 0) is 36.5 Å². The molecule has 6 nitrogen and oxygen atoms in total. The lowest BCUT2D eigenvalue weighted by atomic mass is 10.2. The van der Waals surface area contributed by atoms with Crippen LogP contribution in [0.2, 0.25) is 0 Å². The minimum atomic E-state index is -0.816. The summed E-state index contributed by atoms with van der Waals surface area (Å²) in [5, 5.41) is 20.0. The summed E-state index contributed by atoms with van der Waals surface area (Å²) in [5.41, 5.74) is 0. The first-order chi connectivity index (χ1) is 11.9. The molecule has 2 unspecified atom stereocenters. The van der Waals surface area contributed by atoms with Crippen molar-refractivity contribution in [1.82, 2.24) is 5.32 Å². The molecular weight excluding hydrogens is 373 g/mol. The highest BCUT2D eigenvalue weighted by Crippen LogP contribution is 2.06. The number of likely N-dealkylation sites (N-methyl/N-ethyl adjacent to an activating group) is 1. The van der Waals surface area contributed by atoms with Crippen LogP contribution in [0.15, 0.2) is 0 Å². The van der Waals surface area contributed by atoms with Gasteiger partial charge in [0.25, 0.3) is 0 Å². The number of hydrogen-bond acceptors (Lipinski definition) is 6. The Morgan fingerprint density at radius 3 is 2.35 bits per heavy atom. The van der Waals surface area contributed by atoms with E-state index in [1.807, 2.05) is 30.2 Å². The Balaban J connectivity index is -0.000000772. The molecule has 0 aliphatic rings. The Hall–Kier alpha value is -1.24. The Kier molecular flexibility index (Phi) is 24.8. The highest BCUT2D eigenvalue weighted by molar-refractivity contribution is 7.99. The Labute approximate surface area is 164 Å². The zero-order valence-corrected chi connectivity index (χ0v) is 17.0. The van der Waals surface area contributed by atoms with Crippen LogP contribution >= 0.6 is 21.2 Å². The van der Waals surface area contributed by atoms with Crippen molar-refractivity contribution >= 4 is 33.2 Å². The first-order valence-electron chi connectivity index (χ1n) is 7.93. The quantitative estimate of drug-likeness (QED) is 0.307. The van der Waals surface area contributed by atoms with Gasteiger partial charge in [0.15, 0.2) is 0 Å². The summed E-state index contributed by atoms with van der Waals surface area (Å²) < 4.78 is 4.25. The lowest BCUT2D eigenvalue weighted by Gasteiger charge is -2.11. The van der Waals surface area contributed by atoms with Crippen molar-refractivity contribution in [3.8, 4) is 23.7 Å². The normalized spacial score (nSPS) is 9.92. The molecule has 0 saturated heterocycles. The third-order valence-corrected chi connectivity index (χ3v) is 3.69. The third-order valence-electron chi connectivity index (χ3n) is 2.46. The van der Waals surface area contributed by atoms with E-state index in [9.17, 15) is 9.59 Å². The van der Waals surface area contributed by atoms with Crippen molar-refractivity contribution in [1.29, 1.82) is 0 Å². The molecule has 3 N–H and O–H groups in total. The fraction of sp³-hybridized carbons (Fsp3) is 0.667. The van der Waals surface area contributed by atoms with Gasteiger partial charge in [-0.25, -0.2) is 4.79 Å². The molecule has 0 aliphatic carbocycles. The zero-order valence-electron chi connectivity index (χ0n) is 15.0. The average molecular weight is 405 g/mol. The van der Waals surface area contributed by atoms with E-state index in [-0.39, 0.29) is 7.43 Å². The summed E-state index contributed by atoms with van der Waals surface area (Å²) >= 11 is 1.64. The van der Waals surface area contributed by atoms with E-state index in [1.165, 1.54) is 0 Å². The number of aliphatic hydroxyl groups is 1. The van der Waals surface area contributed by atoms with Gasteiger partial charge in [0, 0.05) is 24.7 Å². The smallest absolute Gasteiger partial charge is 0.387 e. The van der Waals surface area contributed by atoms with Crippen molar-refractivity contribution in [2.75, 3.05) is 24.7 Å². The van der Waals surface area contributed by atoms with Gasteiger partial charge in [0.05, 0.1) is 9.47 Å². The average Bonchev–Trinajstić information content (AvgIpc) is 2.59. The first-order valence-corrected chi connectivity index (χ1v) is 9.55. The van der Waals surface area contributed by atoms with E-state index in [0.29, 0.717) is 31.9 Å². The van der Waals surface area contributed by atoms with Gasteiger partial charge >= 0.3 is 11.9 Å². The van der Waals surface area contributed by atoms with Crippen molar-refractivity contribution in [3.05, 3.63) is 0 Å². The van der Waals surface area contributed by atoms with Crippen LogP contribution in [0.25, 0.3) is 0 Å². The molecule has 0 aromatic heterocycles. The van der Waals surface area contributed by atoms with Crippen LogP contribution in [0.5, 0.6) is 0 Å². The molecule has 2 atom stereocenters. The fourth-order valence-electron chi connectivity index (χ4n) is 1.20. The molecule has 0 rings (SSSR count). The Morgan fingerprint density at radius 2 is 1.88 bits per heavy atom. The van der Waals surface area contributed by atoms with E-state index < -0.39 is 18.0 Å². The molecule has 0 radical (unpaired) electrons. The van der Waals surface area contributed by atoms with Gasteiger partial charge in [0.2, 0.25) is 0 Å². The van der Waals surface area contributed by atoms with Crippen molar-refractivity contribution in [2.45, 2.75) is 47.1 Å².